The molecule has 1 unspecified atom stereocenters. The molecule has 2 amide bonds. The SMILES string of the molecule is COC(CNC(=O)C(CO)NC(=O)OC(C)(C)C)(OC)c1ccc(Cl)cc1Cl. The van der Waals surface area contributed by atoms with Crippen molar-refractivity contribution in [3.63, 3.8) is 0 Å². The molecule has 0 saturated carbocycles. The molecule has 0 aliphatic carbocycles. The van der Waals surface area contributed by atoms with Crippen LogP contribution in [-0.4, -0.2) is 56.1 Å². The van der Waals surface area contributed by atoms with Crippen molar-refractivity contribution in [2.75, 3.05) is 27.4 Å². The number of ether oxygens (including phenoxy) is 3. The van der Waals surface area contributed by atoms with E-state index in [9.17, 15) is 14.7 Å². The summed E-state index contributed by atoms with van der Waals surface area (Å²) in [6.45, 7) is 4.28. The van der Waals surface area contributed by atoms with Gasteiger partial charge < -0.3 is 30.0 Å². The molecule has 0 aromatic heterocycles. The number of nitrogens with one attached hydrogen (secondary N) is 2. The normalized spacial score (nSPS) is 13.0. The van der Waals surface area contributed by atoms with Gasteiger partial charge in [0.2, 0.25) is 11.7 Å². The van der Waals surface area contributed by atoms with E-state index in [-0.39, 0.29) is 11.6 Å². The Balaban J connectivity index is 2.89. The lowest BCUT2D eigenvalue weighted by molar-refractivity contribution is -0.212. The number of hydrogen-bond donors (Lipinski definition) is 3. The number of aliphatic hydroxyl groups is 1. The van der Waals surface area contributed by atoms with Gasteiger partial charge in [0.15, 0.2) is 0 Å². The van der Waals surface area contributed by atoms with Gasteiger partial charge in [-0.2, -0.15) is 0 Å². The highest BCUT2D eigenvalue weighted by Crippen LogP contribution is 2.33. The average Bonchev–Trinajstić information content (AvgIpc) is 2.60. The van der Waals surface area contributed by atoms with Crippen molar-refractivity contribution in [2.24, 2.45) is 0 Å². The monoisotopic (exact) mass is 436 g/mol. The number of halogens is 2. The van der Waals surface area contributed by atoms with Crippen LogP contribution < -0.4 is 10.6 Å². The van der Waals surface area contributed by atoms with E-state index in [1.807, 2.05) is 0 Å². The third-order valence-corrected chi connectivity index (χ3v) is 4.23. The molecule has 0 bridgehead atoms. The zero-order valence-electron chi connectivity index (χ0n) is 16.5. The van der Waals surface area contributed by atoms with Gasteiger partial charge in [-0.3, -0.25) is 4.79 Å². The highest BCUT2D eigenvalue weighted by molar-refractivity contribution is 6.35. The molecule has 0 radical (unpaired) electrons. The number of benzene rings is 1. The minimum atomic E-state index is -1.40. The molecule has 0 aliphatic heterocycles. The van der Waals surface area contributed by atoms with E-state index >= 15 is 0 Å². The van der Waals surface area contributed by atoms with Crippen LogP contribution >= 0.6 is 23.2 Å². The molecule has 158 valence electrons. The molecule has 0 spiro atoms. The fraction of sp³-hybridized carbons (Fsp3) is 0.556. The van der Waals surface area contributed by atoms with Crippen LogP contribution in [0.25, 0.3) is 0 Å². The van der Waals surface area contributed by atoms with E-state index in [0.717, 1.165) is 0 Å². The number of carbonyl (C=O) groups excluding carboxylic acids is 2. The maximum Gasteiger partial charge on any atom is 0.408 e. The quantitative estimate of drug-likeness (QED) is 0.540. The van der Waals surface area contributed by atoms with E-state index in [4.69, 9.17) is 37.4 Å². The predicted octanol–water partition coefficient (Wildman–Crippen LogP) is 2.44. The second-order valence-electron chi connectivity index (χ2n) is 6.88. The largest absolute Gasteiger partial charge is 0.444 e. The Labute approximate surface area is 174 Å². The third-order valence-electron chi connectivity index (χ3n) is 3.69. The predicted molar refractivity (Wildman–Crippen MR) is 105 cm³/mol. The molecule has 1 aromatic rings. The molecule has 3 N–H and O–H groups in total. The van der Waals surface area contributed by atoms with Crippen LogP contribution in [0.15, 0.2) is 18.2 Å². The summed E-state index contributed by atoms with van der Waals surface area (Å²) in [4.78, 5) is 24.3. The van der Waals surface area contributed by atoms with E-state index in [0.29, 0.717) is 10.6 Å². The molecule has 28 heavy (non-hydrogen) atoms. The summed E-state index contributed by atoms with van der Waals surface area (Å²) < 4.78 is 16.0. The van der Waals surface area contributed by atoms with E-state index in [1.165, 1.54) is 20.3 Å². The summed E-state index contributed by atoms with van der Waals surface area (Å²) in [6.07, 6.45) is -0.827. The van der Waals surface area contributed by atoms with Crippen molar-refractivity contribution in [3.05, 3.63) is 33.8 Å². The third kappa shape index (κ3) is 6.79. The maximum absolute atomic E-state index is 12.4. The molecule has 0 fully saturated rings. The second-order valence-corrected chi connectivity index (χ2v) is 7.73. The molecule has 1 rings (SSSR count). The molecular formula is C18H26Cl2N2O6. The summed E-state index contributed by atoms with van der Waals surface area (Å²) in [7, 11) is 2.78. The Morgan fingerprint density at radius 1 is 1.18 bits per heavy atom. The van der Waals surface area contributed by atoms with Gasteiger partial charge in [-0.05, 0) is 32.9 Å². The molecule has 1 atom stereocenters. The summed E-state index contributed by atoms with van der Waals surface area (Å²) in [6, 6.07) is 3.53. The van der Waals surface area contributed by atoms with E-state index < -0.39 is 36.0 Å². The maximum atomic E-state index is 12.4. The van der Waals surface area contributed by atoms with Crippen LogP contribution in [0, 0.1) is 0 Å². The molecular weight excluding hydrogens is 411 g/mol. The number of amides is 2. The smallest absolute Gasteiger partial charge is 0.408 e. The Kier molecular flexibility index (Phi) is 8.97. The zero-order valence-corrected chi connectivity index (χ0v) is 18.0. The standard InChI is InChI=1S/C18H26Cl2N2O6/c1-17(2,3)28-16(25)22-14(9-23)15(24)21-10-18(26-4,27-5)12-7-6-11(19)8-13(12)20/h6-8,14,23H,9-10H2,1-5H3,(H,21,24)(H,22,25). The molecule has 0 heterocycles. The Morgan fingerprint density at radius 2 is 1.79 bits per heavy atom. The van der Waals surface area contributed by atoms with Gasteiger partial charge in [0.05, 0.1) is 18.2 Å². The fourth-order valence-electron chi connectivity index (χ4n) is 2.31. The van der Waals surface area contributed by atoms with Crippen LogP contribution in [0.1, 0.15) is 26.3 Å². The first-order valence-electron chi connectivity index (χ1n) is 8.42. The van der Waals surface area contributed by atoms with Crippen molar-refractivity contribution in [1.82, 2.24) is 10.6 Å². The highest BCUT2D eigenvalue weighted by Gasteiger charge is 2.36. The number of hydrogen-bond acceptors (Lipinski definition) is 6. The Bertz CT molecular complexity index is 689. The summed E-state index contributed by atoms with van der Waals surface area (Å²) in [5.74, 6) is -2.06. The van der Waals surface area contributed by atoms with Gasteiger partial charge in [0, 0.05) is 24.8 Å². The minimum absolute atomic E-state index is 0.146. The molecule has 0 aliphatic rings. The van der Waals surface area contributed by atoms with Gasteiger partial charge >= 0.3 is 6.09 Å². The first-order chi connectivity index (χ1) is 13.0. The van der Waals surface area contributed by atoms with Crippen LogP contribution in [0.3, 0.4) is 0 Å². The zero-order chi connectivity index (χ0) is 21.5. The molecule has 10 heteroatoms. The Morgan fingerprint density at radius 3 is 2.25 bits per heavy atom. The molecule has 0 saturated heterocycles. The van der Waals surface area contributed by atoms with Crippen molar-refractivity contribution < 1.29 is 28.9 Å². The number of rotatable bonds is 8. The van der Waals surface area contributed by atoms with Crippen LogP contribution in [0.5, 0.6) is 0 Å². The van der Waals surface area contributed by atoms with Gasteiger partial charge in [-0.15, -0.1) is 0 Å². The fourth-order valence-corrected chi connectivity index (χ4v) is 2.86. The average molecular weight is 437 g/mol. The topological polar surface area (TPSA) is 106 Å². The van der Waals surface area contributed by atoms with Crippen LogP contribution in [-0.2, 0) is 24.8 Å². The lowest BCUT2D eigenvalue weighted by Crippen LogP contribution is -2.53. The number of alkyl carbamates (subject to hydrolysis) is 1. The van der Waals surface area contributed by atoms with Crippen molar-refractivity contribution >= 4 is 35.2 Å². The van der Waals surface area contributed by atoms with Gasteiger partial charge in [-0.1, -0.05) is 29.3 Å². The summed E-state index contributed by atoms with van der Waals surface area (Å²) in [5.41, 5.74) is -0.294. The van der Waals surface area contributed by atoms with Crippen molar-refractivity contribution in [1.29, 1.82) is 0 Å². The molecule has 1 aromatic carbocycles. The first kappa shape index (κ1) is 24.5. The van der Waals surface area contributed by atoms with Gasteiger partial charge in [-0.25, -0.2) is 4.79 Å². The minimum Gasteiger partial charge on any atom is -0.444 e. The van der Waals surface area contributed by atoms with Crippen LogP contribution in [0.4, 0.5) is 4.79 Å². The molecule has 8 nitrogen and oxygen atoms in total. The Hall–Kier alpha value is -1.58. The lowest BCUT2D eigenvalue weighted by atomic mass is 10.0. The van der Waals surface area contributed by atoms with Gasteiger partial charge in [0.1, 0.15) is 11.6 Å². The van der Waals surface area contributed by atoms with E-state index in [1.54, 1.807) is 32.9 Å². The highest BCUT2D eigenvalue weighted by atomic mass is 35.5. The van der Waals surface area contributed by atoms with Crippen molar-refractivity contribution in [3.8, 4) is 0 Å². The second kappa shape index (κ2) is 10.3. The first-order valence-corrected chi connectivity index (χ1v) is 9.17. The lowest BCUT2D eigenvalue weighted by Gasteiger charge is -2.32. The number of aliphatic hydroxyl groups excluding tert-OH is 1. The van der Waals surface area contributed by atoms with E-state index in [2.05, 4.69) is 10.6 Å². The summed E-state index contributed by atoms with van der Waals surface area (Å²) >= 11 is 12.2. The summed E-state index contributed by atoms with van der Waals surface area (Å²) in [5, 5.41) is 15.0. The number of carbonyl (C=O) groups is 2. The number of methoxy groups -OCH3 is 2. The van der Waals surface area contributed by atoms with Crippen LogP contribution in [0.2, 0.25) is 10.0 Å². The van der Waals surface area contributed by atoms with Gasteiger partial charge in [0.25, 0.3) is 0 Å². The van der Waals surface area contributed by atoms with Crippen molar-refractivity contribution in [2.45, 2.75) is 38.2 Å².